The minimum Gasteiger partial charge on any atom is -0.374 e. The first-order chi connectivity index (χ1) is 9.31. The Labute approximate surface area is 116 Å². The van der Waals surface area contributed by atoms with E-state index in [0.29, 0.717) is 13.2 Å². The van der Waals surface area contributed by atoms with Gasteiger partial charge in [-0.05, 0) is 13.5 Å². The molecule has 2 atom stereocenters. The zero-order chi connectivity index (χ0) is 15.2. The number of likely N-dealkylation sites (N-methyl/N-ethyl adjacent to an activating group) is 1. The molecule has 1 saturated heterocycles. The van der Waals surface area contributed by atoms with Crippen molar-refractivity contribution in [2.24, 2.45) is 0 Å². The molecule has 2 N–H and O–H groups in total. The van der Waals surface area contributed by atoms with E-state index >= 15 is 0 Å². The van der Waals surface area contributed by atoms with Crippen LogP contribution in [0.1, 0.15) is 13.8 Å². The lowest BCUT2D eigenvalue weighted by Crippen LogP contribution is -2.51. The summed E-state index contributed by atoms with van der Waals surface area (Å²) in [6.45, 7) is 5.94. The zero-order valence-electron chi connectivity index (χ0n) is 11.8. The van der Waals surface area contributed by atoms with Gasteiger partial charge in [0.25, 0.3) is 0 Å². The normalized spacial score (nSPS) is 22.6. The van der Waals surface area contributed by atoms with E-state index in [9.17, 15) is 18.0 Å². The number of hydrogen-bond acceptors (Lipinski definition) is 4. The first kappa shape index (κ1) is 17.2. The molecule has 1 heterocycles. The summed E-state index contributed by atoms with van der Waals surface area (Å²) in [5, 5.41) is 4.75. The number of morpholine rings is 1. The first-order valence-corrected chi connectivity index (χ1v) is 6.73. The van der Waals surface area contributed by atoms with Crippen molar-refractivity contribution in [1.82, 2.24) is 15.5 Å². The van der Waals surface area contributed by atoms with Crippen molar-refractivity contribution < 1.29 is 22.7 Å². The van der Waals surface area contributed by atoms with E-state index in [1.807, 2.05) is 5.32 Å². The number of amides is 1. The van der Waals surface area contributed by atoms with Crippen LogP contribution in [0.3, 0.4) is 0 Å². The van der Waals surface area contributed by atoms with Crippen molar-refractivity contribution in [3.8, 4) is 0 Å². The van der Waals surface area contributed by atoms with Crippen molar-refractivity contribution in [1.29, 1.82) is 0 Å². The monoisotopic (exact) mass is 297 g/mol. The van der Waals surface area contributed by atoms with Crippen LogP contribution in [-0.4, -0.2) is 68.5 Å². The van der Waals surface area contributed by atoms with E-state index in [1.54, 1.807) is 0 Å². The average molecular weight is 297 g/mol. The van der Waals surface area contributed by atoms with E-state index in [1.165, 1.54) is 6.92 Å². The Hall–Kier alpha value is -0.860. The van der Waals surface area contributed by atoms with Crippen LogP contribution in [0.2, 0.25) is 0 Å². The van der Waals surface area contributed by atoms with Crippen LogP contribution < -0.4 is 10.6 Å². The lowest BCUT2D eigenvalue weighted by Gasteiger charge is -2.32. The van der Waals surface area contributed by atoms with Crippen molar-refractivity contribution in [3.63, 3.8) is 0 Å². The number of nitrogens with zero attached hydrogens (tertiary/aromatic N) is 1. The molecule has 20 heavy (non-hydrogen) atoms. The van der Waals surface area contributed by atoms with Gasteiger partial charge in [-0.1, -0.05) is 6.92 Å². The van der Waals surface area contributed by atoms with Gasteiger partial charge in [-0.25, -0.2) is 0 Å². The molecule has 0 aliphatic carbocycles. The predicted molar refractivity (Wildman–Crippen MR) is 68.4 cm³/mol. The zero-order valence-corrected chi connectivity index (χ0v) is 11.8. The van der Waals surface area contributed by atoms with Crippen LogP contribution >= 0.6 is 0 Å². The van der Waals surface area contributed by atoms with Gasteiger partial charge in [-0.15, -0.1) is 0 Å². The van der Waals surface area contributed by atoms with E-state index in [-0.39, 0.29) is 6.10 Å². The Morgan fingerprint density at radius 2 is 2.20 bits per heavy atom. The summed E-state index contributed by atoms with van der Waals surface area (Å²) < 4.78 is 41.5. The predicted octanol–water partition coefficient (Wildman–Crippen LogP) is 0.364. The second kappa shape index (κ2) is 7.80. The first-order valence-electron chi connectivity index (χ1n) is 6.73. The van der Waals surface area contributed by atoms with E-state index < -0.39 is 24.7 Å². The summed E-state index contributed by atoms with van der Waals surface area (Å²) in [5.41, 5.74) is 0. The van der Waals surface area contributed by atoms with Crippen molar-refractivity contribution in [3.05, 3.63) is 0 Å². The molecule has 0 radical (unpaired) electrons. The van der Waals surface area contributed by atoms with E-state index in [0.717, 1.165) is 19.6 Å². The molecular formula is C12H22F3N3O2. The van der Waals surface area contributed by atoms with Crippen molar-refractivity contribution >= 4 is 5.91 Å². The maximum absolute atomic E-state index is 12.0. The quantitative estimate of drug-likeness (QED) is 0.743. The van der Waals surface area contributed by atoms with Gasteiger partial charge in [0.15, 0.2) is 0 Å². The number of carbonyl (C=O) groups is 1. The highest BCUT2D eigenvalue weighted by atomic mass is 19.4. The molecule has 5 nitrogen and oxygen atoms in total. The van der Waals surface area contributed by atoms with Crippen molar-refractivity contribution in [2.45, 2.75) is 32.2 Å². The lowest BCUT2D eigenvalue weighted by atomic mass is 10.2. The Bertz CT molecular complexity index is 313. The van der Waals surface area contributed by atoms with Gasteiger partial charge in [0.05, 0.1) is 18.8 Å². The second-order valence-electron chi connectivity index (χ2n) is 4.85. The standard InChI is InChI=1S/C12H22F3N3O2/c1-3-18-4-5-20-10(7-18)6-16-9(2)11(19)17-8-12(13,14)15/h9-10,16H,3-8H2,1-2H3,(H,17,19). The van der Waals surface area contributed by atoms with Gasteiger partial charge in [-0.3, -0.25) is 9.69 Å². The van der Waals surface area contributed by atoms with Crippen LogP contribution in [0, 0.1) is 0 Å². The average Bonchev–Trinajstić information content (AvgIpc) is 2.41. The van der Waals surface area contributed by atoms with Crippen molar-refractivity contribution in [2.75, 3.05) is 39.3 Å². The SMILES string of the molecule is CCN1CCOC(CNC(C)C(=O)NCC(F)(F)F)C1. The van der Waals surface area contributed by atoms with Gasteiger partial charge in [0, 0.05) is 19.6 Å². The van der Waals surface area contributed by atoms with Crippen LogP contribution in [-0.2, 0) is 9.53 Å². The molecule has 118 valence electrons. The summed E-state index contributed by atoms with van der Waals surface area (Å²) in [6, 6.07) is -0.682. The maximum Gasteiger partial charge on any atom is 0.405 e. The summed E-state index contributed by atoms with van der Waals surface area (Å²) in [5.74, 6) is -0.662. The molecule has 8 heteroatoms. The third-order valence-corrected chi connectivity index (χ3v) is 3.18. The minimum atomic E-state index is -4.39. The van der Waals surface area contributed by atoms with Crippen LogP contribution in [0.5, 0.6) is 0 Å². The molecule has 0 aromatic heterocycles. The minimum absolute atomic E-state index is 0.0402. The molecular weight excluding hydrogens is 275 g/mol. The molecule has 2 unspecified atom stereocenters. The number of halogens is 3. The molecule has 0 saturated carbocycles. The lowest BCUT2D eigenvalue weighted by molar-refractivity contribution is -0.139. The topological polar surface area (TPSA) is 53.6 Å². The summed E-state index contributed by atoms with van der Waals surface area (Å²) in [4.78, 5) is 13.7. The Morgan fingerprint density at radius 1 is 1.50 bits per heavy atom. The van der Waals surface area contributed by atoms with Gasteiger partial charge in [0.2, 0.25) is 5.91 Å². The molecule has 0 aromatic carbocycles. The Balaban J connectivity index is 2.24. The highest BCUT2D eigenvalue weighted by molar-refractivity contribution is 5.81. The second-order valence-corrected chi connectivity index (χ2v) is 4.85. The van der Waals surface area contributed by atoms with E-state index in [4.69, 9.17) is 4.74 Å². The summed E-state index contributed by atoms with van der Waals surface area (Å²) in [7, 11) is 0. The fourth-order valence-corrected chi connectivity index (χ4v) is 1.93. The number of alkyl halides is 3. The van der Waals surface area contributed by atoms with Gasteiger partial charge in [-0.2, -0.15) is 13.2 Å². The summed E-state index contributed by atoms with van der Waals surface area (Å²) >= 11 is 0. The van der Waals surface area contributed by atoms with Gasteiger partial charge < -0.3 is 15.4 Å². The third-order valence-electron chi connectivity index (χ3n) is 3.18. The molecule has 1 amide bonds. The molecule has 0 aromatic rings. The van der Waals surface area contributed by atoms with Gasteiger partial charge in [0.1, 0.15) is 6.54 Å². The number of ether oxygens (including phenoxy) is 1. The molecule has 1 aliphatic heterocycles. The molecule has 0 bridgehead atoms. The smallest absolute Gasteiger partial charge is 0.374 e. The maximum atomic E-state index is 12.0. The van der Waals surface area contributed by atoms with Gasteiger partial charge >= 0.3 is 6.18 Å². The molecule has 1 aliphatic rings. The fourth-order valence-electron chi connectivity index (χ4n) is 1.93. The largest absolute Gasteiger partial charge is 0.405 e. The summed E-state index contributed by atoms with van der Waals surface area (Å²) in [6.07, 6.45) is -4.43. The number of rotatable bonds is 6. The Morgan fingerprint density at radius 3 is 2.80 bits per heavy atom. The van der Waals surface area contributed by atoms with E-state index in [2.05, 4.69) is 17.1 Å². The number of hydrogen-bond donors (Lipinski definition) is 2. The van der Waals surface area contributed by atoms with Crippen LogP contribution in [0.4, 0.5) is 13.2 Å². The van der Waals surface area contributed by atoms with Crippen LogP contribution in [0.25, 0.3) is 0 Å². The van der Waals surface area contributed by atoms with Crippen LogP contribution in [0.15, 0.2) is 0 Å². The molecule has 1 fully saturated rings. The Kier molecular flexibility index (Phi) is 6.70. The fraction of sp³-hybridized carbons (Fsp3) is 0.917. The molecule has 1 rings (SSSR count). The third kappa shape index (κ3) is 6.53. The highest BCUT2D eigenvalue weighted by Crippen LogP contribution is 2.12. The molecule has 0 spiro atoms. The highest BCUT2D eigenvalue weighted by Gasteiger charge is 2.29. The number of nitrogens with one attached hydrogen (secondary N) is 2. The number of carbonyl (C=O) groups excluding carboxylic acids is 1.